The molecule has 25 heavy (non-hydrogen) atoms. The lowest BCUT2D eigenvalue weighted by molar-refractivity contribution is -0.862. The number of aryl methyl sites for hydroxylation is 2. The van der Waals surface area contributed by atoms with Gasteiger partial charge in [0.05, 0.1) is 12.6 Å². The minimum absolute atomic E-state index is 0.142. The first-order valence-electron chi connectivity index (χ1n) is 7.85. The van der Waals surface area contributed by atoms with Crippen molar-refractivity contribution in [2.45, 2.75) is 13.8 Å². The number of hydrogen-bond acceptors (Lipinski definition) is 4. The van der Waals surface area contributed by atoms with E-state index in [1.54, 1.807) is 18.5 Å². The molecule has 0 spiro atoms. The monoisotopic (exact) mass is 357 g/mol. The summed E-state index contributed by atoms with van der Waals surface area (Å²) in [6.45, 7) is 4.21. The minimum atomic E-state index is -0.226. The molecule has 0 bridgehead atoms. The molecule has 2 amide bonds. The molecule has 0 aliphatic heterocycles. The molecule has 1 heterocycles. The van der Waals surface area contributed by atoms with Crippen LogP contribution >= 0.6 is 11.3 Å². The van der Waals surface area contributed by atoms with E-state index in [1.165, 1.54) is 11.3 Å². The SMILES string of the molecule is Cc1cccc(C)c1NC(=O)C[NH+](C)CC(=O)Nc1sccc1C#N. The molecule has 0 aliphatic rings. The number of benzene rings is 1. The molecule has 130 valence electrons. The number of nitrogens with zero attached hydrogens (tertiary/aromatic N) is 1. The fourth-order valence-electron chi connectivity index (χ4n) is 2.47. The molecule has 3 N–H and O–H groups in total. The molecule has 2 aromatic rings. The summed E-state index contributed by atoms with van der Waals surface area (Å²) in [7, 11) is 1.78. The second-order valence-corrected chi connectivity index (χ2v) is 6.87. The van der Waals surface area contributed by atoms with Crippen LogP contribution in [0.25, 0.3) is 0 Å². The Kier molecular flexibility index (Phi) is 6.28. The molecule has 0 saturated heterocycles. The highest BCUT2D eigenvalue weighted by atomic mass is 32.1. The third-order valence-corrected chi connectivity index (χ3v) is 4.54. The second kappa shape index (κ2) is 8.42. The summed E-state index contributed by atoms with van der Waals surface area (Å²) >= 11 is 1.31. The molecule has 0 radical (unpaired) electrons. The van der Waals surface area contributed by atoms with Gasteiger partial charge in [-0.1, -0.05) is 18.2 Å². The Morgan fingerprint density at radius 2 is 1.72 bits per heavy atom. The number of rotatable bonds is 6. The maximum absolute atomic E-state index is 12.2. The Morgan fingerprint density at radius 1 is 1.12 bits per heavy atom. The summed E-state index contributed by atoms with van der Waals surface area (Å²) in [6.07, 6.45) is 0. The minimum Gasteiger partial charge on any atom is -0.322 e. The highest BCUT2D eigenvalue weighted by molar-refractivity contribution is 7.14. The van der Waals surface area contributed by atoms with Crippen LogP contribution in [-0.4, -0.2) is 32.0 Å². The third kappa shape index (κ3) is 5.14. The Hall–Kier alpha value is -2.69. The van der Waals surface area contributed by atoms with E-state index in [4.69, 9.17) is 5.26 Å². The third-order valence-electron chi connectivity index (χ3n) is 3.71. The van der Waals surface area contributed by atoms with Crippen molar-refractivity contribution >= 4 is 33.8 Å². The fourth-order valence-corrected chi connectivity index (χ4v) is 3.22. The second-order valence-electron chi connectivity index (χ2n) is 5.95. The lowest BCUT2D eigenvalue weighted by Crippen LogP contribution is -3.11. The van der Waals surface area contributed by atoms with E-state index in [0.717, 1.165) is 21.7 Å². The van der Waals surface area contributed by atoms with E-state index in [2.05, 4.69) is 10.6 Å². The molecule has 0 aliphatic carbocycles. The molecule has 1 atom stereocenters. The Labute approximate surface area is 151 Å². The van der Waals surface area contributed by atoms with Gasteiger partial charge in [0.2, 0.25) is 0 Å². The normalized spacial score (nSPS) is 11.4. The van der Waals surface area contributed by atoms with Crippen LogP contribution in [0.15, 0.2) is 29.6 Å². The molecule has 0 fully saturated rings. The molecule has 7 heteroatoms. The quantitative estimate of drug-likeness (QED) is 0.729. The highest BCUT2D eigenvalue weighted by Gasteiger charge is 2.17. The van der Waals surface area contributed by atoms with Crippen molar-refractivity contribution in [3.63, 3.8) is 0 Å². The van der Waals surface area contributed by atoms with Crippen LogP contribution in [0.2, 0.25) is 0 Å². The zero-order valence-corrected chi connectivity index (χ0v) is 15.3. The van der Waals surface area contributed by atoms with Gasteiger partial charge in [0.15, 0.2) is 13.1 Å². The number of carbonyl (C=O) groups is 2. The molecular weight excluding hydrogens is 336 g/mol. The van der Waals surface area contributed by atoms with Crippen LogP contribution in [0, 0.1) is 25.2 Å². The first kappa shape index (κ1) is 18.6. The summed E-state index contributed by atoms with van der Waals surface area (Å²) < 4.78 is 0. The topological polar surface area (TPSA) is 86.4 Å². The van der Waals surface area contributed by atoms with Crippen molar-refractivity contribution in [3.8, 4) is 6.07 Å². The predicted octanol–water partition coefficient (Wildman–Crippen LogP) is 1.33. The van der Waals surface area contributed by atoms with Crippen LogP contribution in [0.1, 0.15) is 16.7 Å². The summed E-state index contributed by atoms with van der Waals surface area (Å²) in [6, 6.07) is 9.53. The van der Waals surface area contributed by atoms with Crippen molar-refractivity contribution in [1.29, 1.82) is 5.26 Å². The predicted molar refractivity (Wildman–Crippen MR) is 98.8 cm³/mol. The molecule has 2 rings (SSSR count). The van der Waals surface area contributed by atoms with Gasteiger partial charge in [0.25, 0.3) is 11.8 Å². The van der Waals surface area contributed by atoms with Gasteiger partial charge in [-0.3, -0.25) is 9.59 Å². The summed E-state index contributed by atoms with van der Waals surface area (Å²) in [4.78, 5) is 25.1. The highest BCUT2D eigenvalue weighted by Crippen LogP contribution is 2.21. The van der Waals surface area contributed by atoms with Crippen LogP contribution < -0.4 is 15.5 Å². The maximum Gasteiger partial charge on any atom is 0.280 e. The lowest BCUT2D eigenvalue weighted by Gasteiger charge is -2.15. The average Bonchev–Trinajstić information content (AvgIpc) is 2.97. The van der Waals surface area contributed by atoms with Crippen molar-refractivity contribution < 1.29 is 14.5 Å². The van der Waals surface area contributed by atoms with E-state index in [1.807, 2.05) is 38.1 Å². The van der Waals surface area contributed by atoms with E-state index < -0.39 is 0 Å². The first-order chi connectivity index (χ1) is 11.9. The van der Waals surface area contributed by atoms with Gasteiger partial charge in [-0.05, 0) is 36.4 Å². The van der Waals surface area contributed by atoms with Gasteiger partial charge >= 0.3 is 0 Å². The largest absolute Gasteiger partial charge is 0.322 e. The average molecular weight is 357 g/mol. The van der Waals surface area contributed by atoms with Gasteiger partial charge in [0.1, 0.15) is 11.1 Å². The Morgan fingerprint density at radius 3 is 2.32 bits per heavy atom. The van der Waals surface area contributed by atoms with Crippen LogP contribution in [0.4, 0.5) is 10.7 Å². The van der Waals surface area contributed by atoms with Crippen LogP contribution in [-0.2, 0) is 9.59 Å². The zero-order valence-electron chi connectivity index (χ0n) is 14.5. The van der Waals surface area contributed by atoms with Crippen molar-refractivity contribution in [2.24, 2.45) is 0 Å². The maximum atomic E-state index is 12.2. The van der Waals surface area contributed by atoms with Crippen LogP contribution in [0.5, 0.6) is 0 Å². The standard InChI is InChI=1S/C18H20N4O2S/c1-12-5-4-6-13(2)17(12)20-15(23)10-22(3)11-16(24)21-18-14(9-19)7-8-25-18/h4-8H,10-11H2,1-3H3,(H,20,23)(H,21,24)/p+1. The van der Waals surface area contributed by atoms with Crippen molar-refractivity contribution in [3.05, 3.63) is 46.3 Å². The zero-order chi connectivity index (χ0) is 18.4. The number of amides is 2. The summed E-state index contributed by atoms with van der Waals surface area (Å²) in [5.41, 5.74) is 3.28. The van der Waals surface area contributed by atoms with Gasteiger partial charge in [-0.2, -0.15) is 5.26 Å². The molecule has 1 aromatic carbocycles. The number of para-hydroxylation sites is 1. The van der Waals surface area contributed by atoms with E-state index in [-0.39, 0.29) is 24.9 Å². The van der Waals surface area contributed by atoms with Crippen molar-refractivity contribution in [2.75, 3.05) is 30.8 Å². The smallest absolute Gasteiger partial charge is 0.280 e. The molecule has 1 unspecified atom stereocenters. The summed E-state index contributed by atoms with van der Waals surface area (Å²) in [5, 5.41) is 16.9. The number of nitrogens with one attached hydrogen (secondary N) is 3. The van der Waals surface area contributed by atoms with E-state index in [0.29, 0.717) is 10.6 Å². The van der Waals surface area contributed by atoms with Crippen molar-refractivity contribution in [1.82, 2.24) is 0 Å². The fraction of sp³-hybridized carbons (Fsp3) is 0.278. The van der Waals surface area contributed by atoms with Gasteiger partial charge in [-0.15, -0.1) is 11.3 Å². The number of quaternary nitrogens is 1. The Bertz CT molecular complexity index is 802. The van der Waals surface area contributed by atoms with Gasteiger partial charge < -0.3 is 15.5 Å². The van der Waals surface area contributed by atoms with E-state index in [9.17, 15) is 9.59 Å². The van der Waals surface area contributed by atoms with Gasteiger partial charge in [-0.25, -0.2) is 0 Å². The number of nitriles is 1. The first-order valence-corrected chi connectivity index (χ1v) is 8.73. The number of likely N-dealkylation sites (N-methyl/N-ethyl adjacent to an activating group) is 1. The summed E-state index contributed by atoms with van der Waals surface area (Å²) in [5.74, 6) is -0.368. The Balaban J connectivity index is 1.87. The molecule has 0 saturated carbocycles. The molecule has 6 nitrogen and oxygen atoms in total. The van der Waals surface area contributed by atoms with Gasteiger partial charge in [0, 0.05) is 5.69 Å². The number of thiophene rings is 1. The molecule has 1 aromatic heterocycles. The lowest BCUT2D eigenvalue weighted by atomic mass is 10.1. The van der Waals surface area contributed by atoms with Crippen LogP contribution in [0.3, 0.4) is 0 Å². The number of anilines is 2. The number of hydrogen-bond donors (Lipinski definition) is 3. The number of carbonyl (C=O) groups excluding carboxylic acids is 2. The molecular formula is C18H21N4O2S+. The van der Waals surface area contributed by atoms with E-state index >= 15 is 0 Å².